The minimum atomic E-state index is -1.93. The van der Waals surface area contributed by atoms with Crippen LogP contribution in [0.15, 0.2) is 18.2 Å². The number of aromatic carboxylic acids is 1. The summed E-state index contributed by atoms with van der Waals surface area (Å²) >= 11 is 0. The number of hydrogen-bond donors (Lipinski definition) is 1. The van der Waals surface area contributed by atoms with Crippen molar-refractivity contribution in [2.75, 3.05) is 0 Å². The summed E-state index contributed by atoms with van der Waals surface area (Å²) in [7, 11) is 0. The van der Waals surface area contributed by atoms with Crippen LogP contribution in [-0.2, 0) is 0 Å². The fourth-order valence-corrected chi connectivity index (χ4v) is 0.978. The average Bonchev–Trinajstić information content (AvgIpc) is 2.16. The van der Waals surface area contributed by atoms with E-state index in [-0.39, 0.29) is 0 Å². The van der Waals surface area contributed by atoms with Gasteiger partial charge in [-0.2, -0.15) is 8.78 Å². The molecule has 0 unspecified atom stereocenters. The molecule has 1 rings (SSSR count). The molecular formula is C9H4F2O4. The Morgan fingerprint density at radius 1 is 0.867 bits per heavy atom. The second-order valence-electron chi connectivity index (χ2n) is 2.65. The van der Waals surface area contributed by atoms with E-state index in [2.05, 4.69) is 0 Å². The Bertz CT molecular complexity index is 374. The highest BCUT2D eigenvalue weighted by Gasteiger charge is 2.15. The van der Waals surface area contributed by atoms with Gasteiger partial charge in [-0.15, -0.1) is 0 Å². The minimum absolute atomic E-state index is 0.528. The maximum Gasteiger partial charge on any atom is 0.335 e. The van der Waals surface area contributed by atoms with Gasteiger partial charge in [0.25, 0.3) is 0 Å². The topological polar surface area (TPSA) is 71.4 Å². The number of carbonyl (C=O) groups excluding carboxylic acids is 2. The zero-order valence-electron chi connectivity index (χ0n) is 7.16. The van der Waals surface area contributed by atoms with Crippen molar-refractivity contribution < 1.29 is 28.3 Å². The zero-order chi connectivity index (χ0) is 11.6. The Morgan fingerprint density at radius 2 is 1.20 bits per heavy atom. The summed E-state index contributed by atoms with van der Waals surface area (Å²) in [6.07, 6.45) is 0. The largest absolute Gasteiger partial charge is 0.478 e. The van der Waals surface area contributed by atoms with Gasteiger partial charge in [0.2, 0.25) is 0 Å². The molecule has 0 amide bonds. The van der Waals surface area contributed by atoms with Crippen LogP contribution in [0.4, 0.5) is 8.78 Å². The molecule has 0 atom stereocenters. The van der Waals surface area contributed by atoms with Crippen LogP contribution in [-0.4, -0.2) is 23.1 Å². The van der Waals surface area contributed by atoms with Gasteiger partial charge >= 0.3 is 18.0 Å². The SMILES string of the molecule is O=C(O)c1cc(C(=O)F)cc(C(=O)F)c1. The molecule has 15 heavy (non-hydrogen) atoms. The molecule has 1 N–H and O–H groups in total. The van der Waals surface area contributed by atoms with E-state index in [0.717, 1.165) is 12.1 Å². The highest BCUT2D eigenvalue weighted by molar-refractivity contribution is 5.99. The Labute approximate surface area is 82.1 Å². The summed E-state index contributed by atoms with van der Waals surface area (Å²) < 4.78 is 24.5. The van der Waals surface area contributed by atoms with Crippen molar-refractivity contribution in [1.29, 1.82) is 0 Å². The number of carboxylic acid groups (broad SMARTS) is 1. The molecule has 0 heterocycles. The highest BCUT2D eigenvalue weighted by atomic mass is 19.1. The lowest BCUT2D eigenvalue weighted by Gasteiger charge is -1.99. The molecule has 0 aliphatic heterocycles. The van der Waals surface area contributed by atoms with Crippen LogP contribution in [0.2, 0.25) is 0 Å². The van der Waals surface area contributed by atoms with E-state index >= 15 is 0 Å². The Balaban J connectivity index is 3.39. The molecule has 4 nitrogen and oxygen atoms in total. The average molecular weight is 214 g/mol. The fourth-order valence-electron chi connectivity index (χ4n) is 0.978. The molecule has 1 aromatic carbocycles. The second-order valence-corrected chi connectivity index (χ2v) is 2.65. The lowest BCUT2D eigenvalue weighted by atomic mass is 10.1. The van der Waals surface area contributed by atoms with Gasteiger partial charge in [-0.25, -0.2) is 4.79 Å². The summed E-state index contributed by atoms with van der Waals surface area (Å²) in [6.45, 7) is 0. The van der Waals surface area contributed by atoms with Crippen LogP contribution in [0.5, 0.6) is 0 Å². The van der Waals surface area contributed by atoms with E-state index in [0.29, 0.717) is 6.07 Å². The summed E-state index contributed by atoms with van der Waals surface area (Å²) in [5.74, 6) is -1.49. The lowest BCUT2D eigenvalue weighted by molar-refractivity contribution is 0.0697. The van der Waals surface area contributed by atoms with Gasteiger partial charge in [-0.3, -0.25) is 9.59 Å². The van der Waals surface area contributed by atoms with Crippen molar-refractivity contribution in [3.8, 4) is 0 Å². The van der Waals surface area contributed by atoms with E-state index in [9.17, 15) is 23.2 Å². The van der Waals surface area contributed by atoms with Gasteiger partial charge in [-0.05, 0) is 18.2 Å². The van der Waals surface area contributed by atoms with Gasteiger partial charge in [0, 0.05) is 0 Å². The van der Waals surface area contributed by atoms with Gasteiger partial charge in [0.05, 0.1) is 16.7 Å². The second kappa shape index (κ2) is 3.95. The van der Waals surface area contributed by atoms with Crippen LogP contribution in [0.25, 0.3) is 0 Å². The van der Waals surface area contributed by atoms with E-state index < -0.39 is 34.7 Å². The predicted octanol–water partition coefficient (Wildman–Crippen LogP) is 1.60. The van der Waals surface area contributed by atoms with Gasteiger partial charge in [-0.1, -0.05) is 0 Å². The van der Waals surface area contributed by atoms with Crippen molar-refractivity contribution >= 4 is 18.0 Å². The molecule has 1 aromatic rings. The smallest absolute Gasteiger partial charge is 0.335 e. The molecule has 0 saturated heterocycles. The van der Waals surface area contributed by atoms with E-state index in [1.165, 1.54) is 0 Å². The van der Waals surface area contributed by atoms with Gasteiger partial charge in [0.1, 0.15) is 0 Å². The third kappa shape index (κ3) is 2.43. The van der Waals surface area contributed by atoms with Crippen LogP contribution in [0.3, 0.4) is 0 Å². The van der Waals surface area contributed by atoms with Crippen LogP contribution >= 0.6 is 0 Å². The molecule has 0 spiro atoms. The van der Waals surface area contributed by atoms with Crippen molar-refractivity contribution in [2.24, 2.45) is 0 Å². The Morgan fingerprint density at radius 3 is 1.47 bits per heavy atom. The van der Waals surface area contributed by atoms with Crippen molar-refractivity contribution in [1.82, 2.24) is 0 Å². The number of halogens is 2. The highest BCUT2D eigenvalue weighted by Crippen LogP contribution is 2.13. The standard InChI is InChI=1S/C9H4F2O4/c10-7(12)4-1-5(8(11)13)3-6(2-4)9(14)15/h1-3H,(H,14,15). The number of hydrogen-bond acceptors (Lipinski definition) is 3. The van der Waals surface area contributed by atoms with E-state index in [4.69, 9.17) is 5.11 Å². The van der Waals surface area contributed by atoms with E-state index in [1.807, 2.05) is 0 Å². The first-order chi connectivity index (χ1) is 6.91. The van der Waals surface area contributed by atoms with Crippen LogP contribution in [0.1, 0.15) is 31.1 Å². The molecule has 0 saturated carbocycles. The molecule has 78 valence electrons. The summed E-state index contributed by atoms with van der Waals surface area (Å²) in [6, 6.07) is -1.77. The number of carbonyl (C=O) groups is 3. The monoisotopic (exact) mass is 214 g/mol. The van der Waals surface area contributed by atoms with Crippen molar-refractivity contribution in [2.45, 2.75) is 0 Å². The summed E-state index contributed by atoms with van der Waals surface area (Å²) in [5.41, 5.74) is -1.87. The normalized spacial score (nSPS) is 9.73. The molecule has 0 aliphatic carbocycles. The lowest BCUT2D eigenvalue weighted by Crippen LogP contribution is -2.03. The number of carboxylic acids is 1. The summed E-state index contributed by atoms with van der Waals surface area (Å²) in [5, 5.41) is 8.53. The van der Waals surface area contributed by atoms with Crippen LogP contribution < -0.4 is 0 Å². The molecule has 0 aromatic heterocycles. The third-order valence-electron chi connectivity index (χ3n) is 1.63. The first kappa shape index (κ1) is 11.0. The zero-order valence-corrected chi connectivity index (χ0v) is 7.16. The molecule has 0 aliphatic rings. The molecule has 0 radical (unpaired) electrons. The molecule has 0 bridgehead atoms. The molecular weight excluding hydrogens is 210 g/mol. The van der Waals surface area contributed by atoms with Gasteiger partial charge < -0.3 is 5.11 Å². The summed E-state index contributed by atoms with van der Waals surface area (Å²) in [4.78, 5) is 31.1. The van der Waals surface area contributed by atoms with E-state index in [1.54, 1.807) is 0 Å². The number of rotatable bonds is 3. The van der Waals surface area contributed by atoms with Gasteiger partial charge in [0.15, 0.2) is 0 Å². The molecule has 0 fully saturated rings. The Kier molecular flexibility index (Phi) is 2.89. The van der Waals surface area contributed by atoms with Crippen LogP contribution in [0, 0.1) is 0 Å². The maximum atomic E-state index is 12.3. The van der Waals surface area contributed by atoms with Crippen molar-refractivity contribution in [3.63, 3.8) is 0 Å². The quantitative estimate of drug-likeness (QED) is 0.775. The fraction of sp³-hybridized carbons (Fsp3) is 0. The Hall–Kier alpha value is -2.11. The minimum Gasteiger partial charge on any atom is -0.478 e. The first-order valence-corrected chi connectivity index (χ1v) is 3.70. The maximum absolute atomic E-state index is 12.3. The third-order valence-corrected chi connectivity index (χ3v) is 1.63. The van der Waals surface area contributed by atoms with Crippen molar-refractivity contribution in [3.05, 3.63) is 34.9 Å². The first-order valence-electron chi connectivity index (χ1n) is 3.70. The molecule has 6 heteroatoms. The number of benzene rings is 1. The predicted molar refractivity (Wildman–Crippen MR) is 44.3 cm³/mol.